The highest BCUT2D eigenvalue weighted by atomic mass is 127. The molecule has 0 N–H and O–H groups in total. The highest BCUT2D eigenvalue weighted by molar-refractivity contribution is 14.1. The van der Waals surface area contributed by atoms with E-state index < -0.39 is 0 Å². The summed E-state index contributed by atoms with van der Waals surface area (Å²) in [6, 6.07) is 5.49. The van der Waals surface area contributed by atoms with E-state index in [4.69, 9.17) is 25.8 Å². The average Bonchev–Trinajstić information content (AvgIpc) is 2.61. The van der Waals surface area contributed by atoms with Gasteiger partial charge in [-0.25, -0.2) is 0 Å². The van der Waals surface area contributed by atoms with E-state index in [1.165, 1.54) is 0 Å². The molecule has 1 aromatic carbocycles. The van der Waals surface area contributed by atoms with Crippen LogP contribution in [0.5, 0.6) is 5.75 Å². The van der Waals surface area contributed by atoms with E-state index >= 15 is 0 Å². The number of ether oxygens (including phenoxy) is 3. The summed E-state index contributed by atoms with van der Waals surface area (Å²) in [6.45, 7) is 1.80. The van der Waals surface area contributed by atoms with Crippen LogP contribution in [-0.2, 0) is 14.3 Å². The van der Waals surface area contributed by atoms with Gasteiger partial charge in [-0.1, -0.05) is 11.6 Å². The van der Waals surface area contributed by atoms with Gasteiger partial charge in [0, 0.05) is 38.9 Å². The molecule has 0 spiro atoms. The second-order valence-corrected chi connectivity index (χ2v) is 6.79. The fraction of sp³-hybridized carbons (Fsp3) is 0.412. The van der Waals surface area contributed by atoms with Crippen LogP contribution in [0.3, 0.4) is 0 Å². The number of carbonyl (C=O) groups is 1. The molecule has 25 heavy (non-hydrogen) atoms. The zero-order valence-corrected chi connectivity index (χ0v) is 17.0. The molecule has 0 saturated heterocycles. The third-order valence-corrected chi connectivity index (χ3v) is 4.69. The predicted octanol–water partition coefficient (Wildman–Crippen LogP) is 2.99. The van der Waals surface area contributed by atoms with Crippen LogP contribution in [0, 0.1) is 3.57 Å². The molecule has 0 radical (unpaired) electrons. The summed E-state index contributed by atoms with van der Waals surface area (Å²) < 4.78 is 16.7. The Hall–Kier alpha value is -1.16. The van der Waals surface area contributed by atoms with Crippen LogP contribution in [-0.4, -0.2) is 62.9 Å². The van der Waals surface area contributed by atoms with Gasteiger partial charge in [-0.05, 0) is 40.8 Å². The first kappa shape index (κ1) is 20.2. The Balaban J connectivity index is 2.14. The van der Waals surface area contributed by atoms with E-state index in [1.54, 1.807) is 31.4 Å². The predicted molar refractivity (Wildman–Crippen MR) is 105 cm³/mol. The molecule has 0 saturated carbocycles. The van der Waals surface area contributed by atoms with Gasteiger partial charge in [-0.2, -0.15) is 0 Å². The van der Waals surface area contributed by atoms with E-state index in [9.17, 15) is 4.79 Å². The molecule has 2 aromatic rings. The maximum Gasteiger partial charge on any atom is 0.260 e. The van der Waals surface area contributed by atoms with Crippen molar-refractivity contribution in [3.63, 3.8) is 0 Å². The number of amides is 1. The molecule has 1 amide bonds. The molecule has 1 heterocycles. The third-order valence-electron chi connectivity index (χ3n) is 3.57. The van der Waals surface area contributed by atoms with Crippen molar-refractivity contribution in [1.29, 1.82) is 0 Å². The van der Waals surface area contributed by atoms with Crippen LogP contribution in [0.25, 0.3) is 10.9 Å². The minimum atomic E-state index is -0.135. The standard InChI is InChI=1S/C17H20ClIN2O4/c1-23-8-6-21(7-9-24-2)15(22)11-25-17-14(19)10-13(18)12-4-3-5-20-16(12)17/h3-5,10H,6-9,11H2,1-2H3. The average molecular weight is 479 g/mol. The van der Waals surface area contributed by atoms with E-state index in [0.717, 1.165) is 8.96 Å². The van der Waals surface area contributed by atoms with Crippen LogP contribution in [0.1, 0.15) is 0 Å². The van der Waals surface area contributed by atoms with Gasteiger partial charge in [0.15, 0.2) is 12.4 Å². The third kappa shape index (κ3) is 5.40. The van der Waals surface area contributed by atoms with Crippen molar-refractivity contribution in [3.05, 3.63) is 33.0 Å². The molecule has 0 aliphatic heterocycles. The van der Waals surface area contributed by atoms with Gasteiger partial charge in [0.25, 0.3) is 5.91 Å². The maximum absolute atomic E-state index is 12.5. The van der Waals surface area contributed by atoms with Crippen LogP contribution in [0.4, 0.5) is 0 Å². The second kappa shape index (κ2) is 10.1. The summed E-state index contributed by atoms with van der Waals surface area (Å²) in [5.74, 6) is 0.427. The number of hydrogen-bond donors (Lipinski definition) is 0. The zero-order valence-electron chi connectivity index (χ0n) is 14.1. The van der Waals surface area contributed by atoms with Gasteiger partial charge in [-0.3, -0.25) is 9.78 Å². The van der Waals surface area contributed by atoms with Gasteiger partial charge in [0.05, 0.1) is 21.8 Å². The van der Waals surface area contributed by atoms with E-state index in [0.29, 0.717) is 42.6 Å². The summed E-state index contributed by atoms with van der Waals surface area (Å²) in [7, 11) is 3.20. The van der Waals surface area contributed by atoms with Gasteiger partial charge in [0.1, 0.15) is 5.52 Å². The topological polar surface area (TPSA) is 60.9 Å². The minimum Gasteiger partial charge on any atom is -0.480 e. The Kier molecular flexibility index (Phi) is 8.14. The molecule has 0 aliphatic carbocycles. The Labute approximate surface area is 165 Å². The number of benzene rings is 1. The number of aromatic nitrogens is 1. The lowest BCUT2D eigenvalue weighted by atomic mass is 10.2. The summed E-state index contributed by atoms with van der Waals surface area (Å²) >= 11 is 8.39. The Morgan fingerprint density at radius 1 is 1.28 bits per heavy atom. The number of nitrogens with zero attached hydrogens (tertiary/aromatic N) is 2. The number of halogens is 2. The smallest absolute Gasteiger partial charge is 0.260 e. The second-order valence-electron chi connectivity index (χ2n) is 5.22. The lowest BCUT2D eigenvalue weighted by molar-refractivity contribution is -0.134. The fourth-order valence-electron chi connectivity index (χ4n) is 2.27. The summed E-state index contributed by atoms with van der Waals surface area (Å²) in [6.07, 6.45) is 1.67. The molecule has 1 aromatic heterocycles. The molecule has 6 nitrogen and oxygen atoms in total. The van der Waals surface area contributed by atoms with Crippen molar-refractivity contribution < 1.29 is 19.0 Å². The fourth-order valence-corrected chi connectivity index (χ4v) is 3.44. The summed E-state index contributed by atoms with van der Waals surface area (Å²) in [5, 5.41) is 1.40. The van der Waals surface area contributed by atoms with Gasteiger partial charge in [-0.15, -0.1) is 0 Å². The summed E-state index contributed by atoms with van der Waals surface area (Å²) in [5.41, 5.74) is 0.646. The van der Waals surface area contributed by atoms with Crippen molar-refractivity contribution >= 4 is 51.0 Å². The number of methoxy groups -OCH3 is 2. The van der Waals surface area contributed by atoms with Gasteiger partial charge in [0.2, 0.25) is 0 Å². The molecule has 8 heteroatoms. The monoisotopic (exact) mass is 478 g/mol. The summed E-state index contributed by atoms with van der Waals surface area (Å²) in [4.78, 5) is 18.5. The number of carbonyl (C=O) groups excluding carboxylic acids is 1. The first-order chi connectivity index (χ1) is 12.1. The highest BCUT2D eigenvalue weighted by Crippen LogP contribution is 2.34. The van der Waals surface area contributed by atoms with Crippen molar-refractivity contribution in [2.45, 2.75) is 0 Å². The SMILES string of the molecule is COCCN(CCOC)C(=O)COc1c(I)cc(Cl)c2cccnc12. The van der Waals surface area contributed by atoms with E-state index in [2.05, 4.69) is 27.6 Å². The molecule has 0 atom stereocenters. The Bertz CT molecular complexity index is 721. The maximum atomic E-state index is 12.5. The van der Waals surface area contributed by atoms with Crippen molar-refractivity contribution in [2.24, 2.45) is 0 Å². The Morgan fingerprint density at radius 2 is 1.96 bits per heavy atom. The first-order valence-corrected chi connectivity index (χ1v) is 9.15. The van der Waals surface area contributed by atoms with E-state index in [1.807, 2.05) is 12.1 Å². The van der Waals surface area contributed by atoms with Gasteiger partial charge < -0.3 is 19.1 Å². The molecule has 0 aliphatic rings. The van der Waals surface area contributed by atoms with Crippen LogP contribution in [0.15, 0.2) is 24.4 Å². The van der Waals surface area contributed by atoms with Crippen molar-refractivity contribution in [3.8, 4) is 5.75 Å². The van der Waals surface area contributed by atoms with Crippen LogP contribution in [0.2, 0.25) is 5.02 Å². The van der Waals surface area contributed by atoms with Crippen LogP contribution >= 0.6 is 34.2 Å². The highest BCUT2D eigenvalue weighted by Gasteiger charge is 2.17. The number of fused-ring (bicyclic) bond motifs is 1. The first-order valence-electron chi connectivity index (χ1n) is 7.69. The number of hydrogen-bond acceptors (Lipinski definition) is 5. The molecule has 0 fully saturated rings. The normalized spacial score (nSPS) is 10.9. The molecular formula is C17H20ClIN2O4. The lowest BCUT2D eigenvalue weighted by Crippen LogP contribution is -2.39. The number of rotatable bonds is 9. The molecular weight excluding hydrogens is 459 g/mol. The lowest BCUT2D eigenvalue weighted by Gasteiger charge is -2.22. The van der Waals surface area contributed by atoms with Crippen molar-refractivity contribution in [2.75, 3.05) is 47.1 Å². The number of pyridine rings is 1. The zero-order chi connectivity index (χ0) is 18.2. The molecule has 2 rings (SSSR count). The van der Waals surface area contributed by atoms with Crippen molar-refractivity contribution in [1.82, 2.24) is 9.88 Å². The van der Waals surface area contributed by atoms with E-state index in [-0.39, 0.29) is 12.5 Å². The van der Waals surface area contributed by atoms with Crippen LogP contribution < -0.4 is 4.74 Å². The molecule has 0 bridgehead atoms. The van der Waals surface area contributed by atoms with Gasteiger partial charge >= 0.3 is 0 Å². The largest absolute Gasteiger partial charge is 0.480 e. The Morgan fingerprint density at radius 3 is 2.60 bits per heavy atom. The molecule has 136 valence electrons. The minimum absolute atomic E-state index is 0.0866. The quantitative estimate of drug-likeness (QED) is 0.519. The molecule has 0 unspecified atom stereocenters.